The summed E-state index contributed by atoms with van der Waals surface area (Å²) < 4.78 is 5.45. The Labute approximate surface area is 137 Å². The zero-order valence-corrected chi connectivity index (χ0v) is 13.4. The fourth-order valence-electron chi connectivity index (χ4n) is 2.39. The van der Waals surface area contributed by atoms with Crippen molar-refractivity contribution in [1.82, 2.24) is 9.88 Å². The zero-order valence-electron chi connectivity index (χ0n) is 12.6. The number of hydrogen-bond acceptors (Lipinski definition) is 5. The van der Waals surface area contributed by atoms with E-state index < -0.39 is 11.6 Å². The molecule has 0 spiro atoms. The average molecular weight is 327 g/mol. The Bertz CT molecular complexity index is 504. The summed E-state index contributed by atoms with van der Waals surface area (Å²) in [6, 6.07) is 3.90. The maximum Gasteiger partial charge on any atom is 0.213 e. The van der Waals surface area contributed by atoms with Crippen LogP contribution in [0.5, 0.6) is 5.88 Å². The second kappa shape index (κ2) is 9.38. The van der Waals surface area contributed by atoms with Crippen molar-refractivity contribution in [2.75, 3.05) is 19.7 Å². The number of ether oxygens (including phenoxy) is 1. The van der Waals surface area contributed by atoms with Crippen LogP contribution in [-0.2, 0) is 11.3 Å². The van der Waals surface area contributed by atoms with Crippen LogP contribution in [0.15, 0.2) is 18.3 Å². The smallest absolute Gasteiger partial charge is 0.213 e. The summed E-state index contributed by atoms with van der Waals surface area (Å²) in [7, 11) is 0. The van der Waals surface area contributed by atoms with Gasteiger partial charge in [-0.2, -0.15) is 0 Å². The third kappa shape index (κ3) is 5.99. The molecule has 1 aromatic rings. The Morgan fingerprint density at radius 1 is 1.36 bits per heavy atom. The van der Waals surface area contributed by atoms with Gasteiger partial charge in [-0.25, -0.2) is 4.98 Å². The molecule has 0 unspecified atom stereocenters. The summed E-state index contributed by atoms with van der Waals surface area (Å²) in [5.74, 6) is -0.314. The van der Waals surface area contributed by atoms with Gasteiger partial charge in [-0.1, -0.05) is 6.42 Å². The topological polar surface area (TPSA) is 92.3 Å². The number of pyridine rings is 1. The van der Waals surface area contributed by atoms with E-state index in [-0.39, 0.29) is 25.4 Å². The highest BCUT2D eigenvalue weighted by Crippen LogP contribution is 2.15. The van der Waals surface area contributed by atoms with Crippen LogP contribution in [0.4, 0.5) is 0 Å². The molecule has 6 nitrogen and oxygen atoms in total. The average Bonchev–Trinajstić information content (AvgIpc) is 2.48. The third-order valence-corrected chi connectivity index (χ3v) is 3.53. The minimum atomic E-state index is -0.426. The standard InChI is InChI=1S/C15H22N4O2.ClH/c16-15(17)13(20)5-9-21-14-10-12(4-6-18-14)11-19-7-2-1-3-8-19;/h4,6,10H,1-3,5,7-9,11H2,(H3,16,17);1H. The third-order valence-electron chi connectivity index (χ3n) is 3.53. The lowest BCUT2D eigenvalue weighted by Gasteiger charge is -2.26. The second-order valence-electron chi connectivity index (χ2n) is 5.27. The summed E-state index contributed by atoms with van der Waals surface area (Å²) in [6.45, 7) is 3.39. The normalized spacial score (nSPS) is 14.9. The molecule has 0 atom stereocenters. The van der Waals surface area contributed by atoms with Gasteiger partial charge in [-0.3, -0.25) is 15.1 Å². The number of Topliss-reactive ketones (excluding diaryl/α,β-unsaturated/α-hetero) is 1. The molecule has 1 aliphatic rings. The predicted octanol–water partition coefficient (Wildman–Crippen LogP) is 1.76. The highest BCUT2D eigenvalue weighted by Gasteiger charge is 2.11. The molecule has 122 valence electrons. The minimum Gasteiger partial charge on any atom is -0.477 e. The molecule has 0 aromatic carbocycles. The molecular weight excluding hydrogens is 304 g/mol. The van der Waals surface area contributed by atoms with Crippen LogP contribution in [0.2, 0.25) is 0 Å². The number of amidine groups is 1. The van der Waals surface area contributed by atoms with E-state index in [0.717, 1.165) is 19.6 Å². The number of carbonyl (C=O) groups excluding carboxylic acids is 1. The van der Waals surface area contributed by atoms with E-state index in [1.807, 2.05) is 12.1 Å². The molecule has 2 heterocycles. The van der Waals surface area contributed by atoms with Gasteiger partial charge >= 0.3 is 0 Å². The van der Waals surface area contributed by atoms with E-state index >= 15 is 0 Å². The van der Waals surface area contributed by atoms with Crippen LogP contribution >= 0.6 is 12.4 Å². The van der Waals surface area contributed by atoms with Crippen LogP contribution < -0.4 is 10.5 Å². The highest BCUT2D eigenvalue weighted by atomic mass is 35.5. The van der Waals surface area contributed by atoms with Gasteiger partial charge < -0.3 is 10.5 Å². The van der Waals surface area contributed by atoms with E-state index in [4.69, 9.17) is 15.9 Å². The van der Waals surface area contributed by atoms with Gasteiger partial charge in [0.05, 0.1) is 6.61 Å². The first-order chi connectivity index (χ1) is 10.1. The lowest BCUT2D eigenvalue weighted by atomic mass is 10.1. The summed E-state index contributed by atoms with van der Waals surface area (Å²) >= 11 is 0. The van der Waals surface area contributed by atoms with Gasteiger partial charge in [-0.15, -0.1) is 12.4 Å². The van der Waals surface area contributed by atoms with Crippen LogP contribution in [-0.4, -0.2) is 41.2 Å². The number of likely N-dealkylation sites (tertiary alicyclic amines) is 1. The fourth-order valence-corrected chi connectivity index (χ4v) is 2.39. The van der Waals surface area contributed by atoms with Crippen LogP contribution in [0.1, 0.15) is 31.2 Å². The first-order valence-electron chi connectivity index (χ1n) is 7.32. The minimum absolute atomic E-state index is 0. The molecule has 1 aliphatic heterocycles. The quantitative estimate of drug-likeness (QED) is 0.588. The molecule has 1 fully saturated rings. The van der Waals surface area contributed by atoms with E-state index in [1.54, 1.807) is 6.20 Å². The number of nitrogens with two attached hydrogens (primary N) is 1. The van der Waals surface area contributed by atoms with Crippen LogP contribution in [0, 0.1) is 5.41 Å². The number of ketones is 1. The second-order valence-corrected chi connectivity index (χ2v) is 5.27. The van der Waals surface area contributed by atoms with Gasteiger partial charge in [0.25, 0.3) is 0 Å². The van der Waals surface area contributed by atoms with Crippen molar-refractivity contribution in [1.29, 1.82) is 5.41 Å². The van der Waals surface area contributed by atoms with E-state index in [2.05, 4.69) is 9.88 Å². The summed E-state index contributed by atoms with van der Waals surface area (Å²) in [6.07, 6.45) is 5.68. The molecule has 2 rings (SSSR count). The molecule has 0 amide bonds. The predicted molar refractivity (Wildman–Crippen MR) is 87.6 cm³/mol. The van der Waals surface area contributed by atoms with Crippen molar-refractivity contribution >= 4 is 24.0 Å². The van der Waals surface area contributed by atoms with Crippen molar-refractivity contribution in [3.05, 3.63) is 23.9 Å². The lowest BCUT2D eigenvalue weighted by Crippen LogP contribution is -2.29. The molecule has 0 saturated carbocycles. The van der Waals surface area contributed by atoms with E-state index in [1.165, 1.54) is 24.8 Å². The Balaban J connectivity index is 0.00000242. The molecule has 0 radical (unpaired) electrons. The Morgan fingerprint density at radius 2 is 2.09 bits per heavy atom. The number of halogens is 1. The maximum atomic E-state index is 11.2. The van der Waals surface area contributed by atoms with Crippen molar-refractivity contribution < 1.29 is 9.53 Å². The molecule has 3 N–H and O–H groups in total. The summed E-state index contributed by atoms with van der Waals surface area (Å²) in [4.78, 5) is 17.8. The van der Waals surface area contributed by atoms with Crippen LogP contribution in [0.25, 0.3) is 0 Å². The number of rotatable bonds is 7. The van der Waals surface area contributed by atoms with Gasteiger partial charge in [0, 0.05) is 25.2 Å². The van der Waals surface area contributed by atoms with E-state index in [9.17, 15) is 4.79 Å². The molecule has 22 heavy (non-hydrogen) atoms. The zero-order chi connectivity index (χ0) is 15.1. The van der Waals surface area contributed by atoms with Gasteiger partial charge in [0.1, 0.15) is 0 Å². The summed E-state index contributed by atoms with van der Waals surface area (Å²) in [5.41, 5.74) is 6.27. The molecule has 0 aliphatic carbocycles. The molecule has 0 bridgehead atoms. The number of nitrogens with zero attached hydrogens (tertiary/aromatic N) is 2. The Morgan fingerprint density at radius 3 is 2.77 bits per heavy atom. The Kier molecular flexibility index (Phi) is 7.84. The molecule has 1 aromatic heterocycles. The van der Waals surface area contributed by atoms with Crippen molar-refractivity contribution in [2.24, 2.45) is 5.73 Å². The number of carbonyl (C=O) groups is 1. The van der Waals surface area contributed by atoms with E-state index in [0.29, 0.717) is 5.88 Å². The van der Waals surface area contributed by atoms with Gasteiger partial charge in [0.15, 0.2) is 11.6 Å². The highest BCUT2D eigenvalue weighted by molar-refractivity contribution is 6.36. The summed E-state index contributed by atoms with van der Waals surface area (Å²) in [5, 5.41) is 7.01. The number of aromatic nitrogens is 1. The van der Waals surface area contributed by atoms with Crippen molar-refractivity contribution in [3.8, 4) is 5.88 Å². The van der Waals surface area contributed by atoms with Gasteiger partial charge in [0.2, 0.25) is 5.88 Å². The molecular formula is C15H23ClN4O2. The number of nitrogens with one attached hydrogen (secondary N) is 1. The SMILES string of the molecule is Cl.N=C(N)C(=O)CCOc1cc(CN2CCCCC2)ccn1. The maximum absolute atomic E-state index is 11.2. The number of piperidine rings is 1. The Hall–Kier alpha value is -1.66. The lowest BCUT2D eigenvalue weighted by molar-refractivity contribution is -0.113. The fraction of sp³-hybridized carbons (Fsp3) is 0.533. The van der Waals surface area contributed by atoms with Crippen molar-refractivity contribution in [2.45, 2.75) is 32.2 Å². The molecule has 7 heteroatoms. The molecule has 1 saturated heterocycles. The largest absolute Gasteiger partial charge is 0.477 e. The van der Waals surface area contributed by atoms with Crippen molar-refractivity contribution in [3.63, 3.8) is 0 Å². The number of hydrogen-bond donors (Lipinski definition) is 2. The van der Waals surface area contributed by atoms with Crippen LogP contribution in [0.3, 0.4) is 0 Å². The first-order valence-corrected chi connectivity index (χ1v) is 7.32. The first kappa shape index (κ1) is 18.4. The monoisotopic (exact) mass is 326 g/mol. The van der Waals surface area contributed by atoms with Gasteiger partial charge in [-0.05, 0) is 37.6 Å².